The molecule has 0 bridgehead atoms. The van der Waals surface area contributed by atoms with E-state index in [0.717, 1.165) is 28.0 Å². The summed E-state index contributed by atoms with van der Waals surface area (Å²) in [6, 6.07) is 26.9. The standard InChI is InChI=1S/C27H26N4O/c1-18(2)23-16-20-12-7-8-14-22(20)31(23)27-29-25-21(13-9-15-24(25)32-3)26(30-27)28-17-19-10-5-4-6-11-19/h4-16,18H,17H2,1-3H3,(H,28,29,30). The minimum atomic E-state index is 0.320. The third-order valence-electron chi connectivity index (χ3n) is 5.73. The summed E-state index contributed by atoms with van der Waals surface area (Å²) in [5, 5.41) is 5.65. The van der Waals surface area contributed by atoms with Crippen LogP contribution in [-0.2, 0) is 6.54 Å². The number of benzene rings is 3. The summed E-state index contributed by atoms with van der Waals surface area (Å²) in [4.78, 5) is 10.00. The molecule has 5 aromatic rings. The number of anilines is 1. The molecule has 5 nitrogen and oxygen atoms in total. The number of nitrogens with zero attached hydrogens (tertiary/aromatic N) is 3. The molecule has 160 valence electrons. The number of aromatic nitrogens is 3. The van der Waals surface area contributed by atoms with Gasteiger partial charge in [-0.15, -0.1) is 0 Å². The topological polar surface area (TPSA) is 52.0 Å². The Morgan fingerprint density at radius 1 is 0.906 bits per heavy atom. The summed E-state index contributed by atoms with van der Waals surface area (Å²) in [5.41, 5.74) is 4.26. The minimum absolute atomic E-state index is 0.320. The first-order valence-corrected chi connectivity index (χ1v) is 10.9. The van der Waals surface area contributed by atoms with Crippen molar-refractivity contribution in [3.8, 4) is 11.7 Å². The molecule has 5 rings (SSSR count). The fourth-order valence-corrected chi connectivity index (χ4v) is 4.12. The van der Waals surface area contributed by atoms with E-state index in [9.17, 15) is 0 Å². The highest BCUT2D eigenvalue weighted by molar-refractivity contribution is 5.94. The Hall–Kier alpha value is -3.86. The number of para-hydroxylation sites is 2. The molecular weight excluding hydrogens is 396 g/mol. The maximum atomic E-state index is 5.66. The molecule has 0 radical (unpaired) electrons. The zero-order valence-electron chi connectivity index (χ0n) is 18.5. The van der Waals surface area contributed by atoms with Crippen LogP contribution in [0.25, 0.3) is 27.8 Å². The molecular formula is C27H26N4O. The highest BCUT2D eigenvalue weighted by Gasteiger charge is 2.18. The first-order chi connectivity index (χ1) is 15.7. The average Bonchev–Trinajstić information content (AvgIpc) is 3.23. The Bertz CT molecular complexity index is 1390. The molecule has 0 fully saturated rings. The number of hydrogen-bond donors (Lipinski definition) is 1. The van der Waals surface area contributed by atoms with Crippen LogP contribution in [0.2, 0.25) is 0 Å². The van der Waals surface area contributed by atoms with E-state index >= 15 is 0 Å². The lowest BCUT2D eigenvalue weighted by Gasteiger charge is -2.16. The van der Waals surface area contributed by atoms with E-state index in [1.807, 2.05) is 36.4 Å². The molecule has 1 N–H and O–H groups in total. The smallest absolute Gasteiger partial charge is 0.237 e. The SMILES string of the molecule is COc1cccc2c(NCc3ccccc3)nc(-n3c(C(C)C)cc4ccccc43)nc12. The van der Waals surface area contributed by atoms with Gasteiger partial charge < -0.3 is 10.1 Å². The summed E-state index contributed by atoms with van der Waals surface area (Å²) >= 11 is 0. The number of rotatable bonds is 6. The Morgan fingerprint density at radius 2 is 1.69 bits per heavy atom. The Balaban J connectivity index is 1.72. The van der Waals surface area contributed by atoms with E-state index in [-0.39, 0.29) is 0 Å². The highest BCUT2D eigenvalue weighted by atomic mass is 16.5. The fourth-order valence-electron chi connectivity index (χ4n) is 4.12. The zero-order valence-corrected chi connectivity index (χ0v) is 18.5. The third-order valence-corrected chi connectivity index (χ3v) is 5.73. The third kappa shape index (κ3) is 3.56. The van der Waals surface area contributed by atoms with Crippen LogP contribution in [0.4, 0.5) is 5.82 Å². The molecule has 0 aliphatic carbocycles. The molecule has 5 heteroatoms. The minimum Gasteiger partial charge on any atom is -0.494 e. The second kappa shape index (κ2) is 8.35. The van der Waals surface area contributed by atoms with E-state index in [2.05, 4.69) is 66.2 Å². The molecule has 0 saturated heterocycles. The van der Waals surface area contributed by atoms with Crippen LogP contribution in [0.3, 0.4) is 0 Å². The summed E-state index contributed by atoms with van der Waals surface area (Å²) in [7, 11) is 1.68. The molecule has 0 aliphatic rings. The second-order valence-electron chi connectivity index (χ2n) is 8.19. The predicted octanol–water partition coefficient (Wildman–Crippen LogP) is 6.32. The average molecular weight is 423 g/mol. The van der Waals surface area contributed by atoms with Crippen molar-refractivity contribution in [1.82, 2.24) is 14.5 Å². The van der Waals surface area contributed by atoms with Crippen LogP contribution in [0.1, 0.15) is 31.0 Å². The van der Waals surface area contributed by atoms with Gasteiger partial charge in [-0.05, 0) is 35.7 Å². The normalized spacial score (nSPS) is 11.4. The Kier molecular flexibility index (Phi) is 5.23. The predicted molar refractivity (Wildman–Crippen MR) is 131 cm³/mol. The Morgan fingerprint density at radius 3 is 2.47 bits per heavy atom. The van der Waals surface area contributed by atoms with Gasteiger partial charge >= 0.3 is 0 Å². The number of fused-ring (bicyclic) bond motifs is 2. The van der Waals surface area contributed by atoms with Gasteiger partial charge in [-0.2, -0.15) is 4.98 Å². The van der Waals surface area contributed by atoms with Gasteiger partial charge in [-0.25, -0.2) is 4.98 Å². The van der Waals surface area contributed by atoms with Gasteiger partial charge in [0.15, 0.2) is 0 Å². The zero-order chi connectivity index (χ0) is 22.1. The van der Waals surface area contributed by atoms with Gasteiger partial charge in [-0.3, -0.25) is 4.57 Å². The van der Waals surface area contributed by atoms with Gasteiger partial charge in [0.1, 0.15) is 17.1 Å². The molecule has 0 saturated carbocycles. The van der Waals surface area contributed by atoms with Gasteiger partial charge in [0.05, 0.1) is 12.6 Å². The van der Waals surface area contributed by atoms with E-state index in [1.54, 1.807) is 7.11 Å². The summed E-state index contributed by atoms with van der Waals surface area (Å²) in [5.74, 6) is 2.49. The quantitative estimate of drug-likeness (QED) is 0.348. The maximum Gasteiger partial charge on any atom is 0.237 e. The largest absolute Gasteiger partial charge is 0.494 e. The van der Waals surface area contributed by atoms with Crippen LogP contribution < -0.4 is 10.1 Å². The van der Waals surface area contributed by atoms with Crippen molar-refractivity contribution in [2.24, 2.45) is 0 Å². The fraction of sp³-hybridized carbons (Fsp3) is 0.185. The van der Waals surface area contributed by atoms with Crippen molar-refractivity contribution < 1.29 is 4.74 Å². The summed E-state index contributed by atoms with van der Waals surface area (Å²) in [6.45, 7) is 5.06. The lowest BCUT2D eigenvalue weighted by Crippen LogP contribution is -2.10. The van der Waals surface area contributed by atoms with Crippen molar-refractivity contribution in [3.63, 3.8) is 0 Å². The lowest BCUT2D eigenvalue weighted by atomic mass is 10.1. The van der Waals surface area contributed by atoms with Crippen LogP contribution in [0.5, 0.6) is 5.75 Å². The van der Waals surface area contributed by atoms with Crippen molar-refractivity contribution in [2.45, 2.75) is 26.3 Å². The molecule has 3 aromatic carbocycles. The van der Waals surface area contributed by atoms with Crippen LogP contribution in [0, 0.1) is 0 Å². The number of nitrogens with one attached hydrogen (secondary N) is 1. The lowest BCUT2D eigenvalue weighted by molar-refractivity contribution is 0.419. The second-order valence-corrected chi connectivity index (χ2v) is 8.19. The summed E-state index contributed by atoms with van der Waals surface area (Å²) < 4.78 is 7.82. The van der Waals surface area contributed by atoms with Crippen LogP contribution in [-0.4, -0.2) is 21.6 Å². The number of ether oxygens (including phenoxy) is 1. The monoisotopic (exact) mass is 422 g/mol. The molecule has 2 heterocycles. The number of methoxy groups -OCH3 is 1. The maximum absolute atomic E-state index is 5.66. The van der Waals surface area contributed by atoms with E-state index in [4.69, 9.17) is 14.7 Å². The van der Waals surface area contributed by atoms with Crippen molar-refractivity contribution >= 4 is 27.6 Å². The molecule has 0 unspecified atom stereocenters. The first kappa shape index (κ1) is 20.1. The number of hydrogen-bond acceptors (Lipinski definition) is 4. The molecule has 2 aromatic heterocycles. The van der Waals surface area contributed by atoms with Crippen molar-refractivity contribution in [3.05, 3.63) is 90.1 Å². The van der Waals surface area contributed by atoms with Crippen molar-refractivity contribution in [2.75, 3.05) is 12.4 Å². The van der Waals surface area contributed by atoms with Crippen molar-refractivity contribution in [1.29, 1.82) is 0 Å². The van der Waals surface area contributed by atoms with Gasteiger partial charge in [-0.1, -0.05) is 68.4 Å². The van der Waals surface area contributed by atoms with Crippen LogP contribution in [0.15, 0.2) is 78.9 Å². The van der Waals surface area contributed by atoms with Gasteiger partial charge in [0, 0.05) is 23.0 Å². The molecule has 0 spiro atoms. The molecule has 0 aliphatic heterocycles. The van der Waals surface area contributed by atoms with E-state index in [0.29, 0.717) is 18.4 Å². The van der Waals surface area contributed by atoms with Gasteiger partial charge in [0.2, 0.25) is 5.95 Å². The molecule has 0 atom stereocenters. The van der Waals surface area contributed by atoms with E-state index < -0.39 is 0 Å². The Labute approximate surface area is 187 Å². The van der Waals surface area contributed by atoms with Gasteiger partial charge in [0.25, 0.3) is 0 Å². The first-order valence-electron chi connectivity index (χ1n) is 10.9. The summed E-state index contributed by atoms with van der Waals surface area (Å²) in [6.07, 6.45) is 0. The molecule has 32 heavy (non-hydrogen) atoms. The molecule has 0 amide bonds. The van der Waals surface area contributed by atoms with E-state index in [1.165, 1.54) is 16.6 Å². The highest BCUT2D eigenvalue weighted by Crippen LogP contribution is 2.33. The van der Waals surface area contributed by atoms with Crippen LogP contribution >= 0.6 is 0 Å².